The van der Waals surface area contributed by atoms with Crippen LogP contribution in [-0.2, 0) is 18.9 Å². The van der Waals surface area contributed by atoms with E-state index in [1.807, 2.05) is 32.9 Å². The lowest BCUT2D eigenvalue weighted by Gasteiger charge is -2.30. The van der Waals surface area contributed by atoms with Crippen molar-refractivity contribution in [2.45, 2.75) is 45.8 Å². The summed E-state index contributed by atoms with van der Waals surface area (Å²) in [5.41, 5.74) is 0. The number of hydrogen-bond donors (Lipinski definition) is 2. The fourth-order valence-corrected chi connectivity index (χ4v) is 5.23. The van der Waals surface area contributed by atoms with Gasteiger partial charge in [0.05, 0.1) is 0 Å². The molecule has 0 aliphatic rings. The average molecular weight is 491 g/mol. The third-order valence-corrected chi connectivity index (χ3v) is 7.14. The van der Waals surface area contributed by atoms with Crippen LogP contribution >= 0.6 is 7.60 Å². The van der Waals surface area contributed by atoms with E-state index in [2.05, 4.69) is 10.6 Å². The Morgan fingerprint density at radius 1 is 0.882 bits per heavy atom. The number of ether oxygens (including phenoxy) is 1. The zero-order valence-corrected chi connectivity index (χ0v) is 21.0. The maximum absolute atomic E-state index is 14.0. The van der Waals surface area contributed by atoms with Crippen molar-refractivity contribution >= 4 is 19.4 Å². The molecule has 186 valence electrons. The van der Waals surface area contributed by atoms with E-state index in [1.54, 1.807) is 48.5 Å². The highest BCUT2D eigenvalue weighted by Gasteiger charge is 2.42. The standard InChI is InChI=1S/C25H35N2O6P/c1-4-31-19-11-18-26-23(28)16-17-24(29)27-25(20(2)3)34(30,32-21-12-7-5-8-13-21)33-22-14-9-6-10-15-22/h5-10,12-15,20,25H,4,11,16-19H2,1-3H3,(H,26,28)(H,27,29). The molecule has 0 saturated carbocycles. The number of nitrogens with one attached hydrogen (secondary N) is 2. The molecule has 0 fully saturated rings. The molecule has 2 amide bonds. The summed E-state index contributed by atoms with van der Waals surface area (Å²) in [7, 11) is -3.91. The summed E-state index contributed by atoms with van der Waals surface area (Å²) in [5.74, 6) is -1.08. The van der Waals surface area contributed by atoms with Crippen LogP contribution in [0.4, 0.5) is 0 Å². The van der Waals surface area contributed by atoms with E-state index in [0.717, 1.165) is 0 Å². The summed E-state index contributed by atoms with van der Waals surface area (Å²) >= 11 is 0. The van der Waals surface area contributed by atoms with Gasteiger partial charge < -0.3 is 24.4 Å². The van der Waals surface area contributed by atoms with Gasteiger partial charge in [0.2, 0.25) is 11.8 Å². The molecule has 0 bridgehead atoms. The number of amides is 2. The van der Waals surface area contributed by atoms with Crippen LogP contribution in [0.2, 0.25) is 0 Å². The van der Waals surface area contributed by atoms with Crippen LogP contribution in [0.25, 0.3) is 0 Å². The van der Waals surface area contributed by atoms with Crippen molar-refractivity contribution in [1.29, 1.82) is 0 Å². The Morgan fingerprint density at radius 2 is 1.41 bits per heavy atom. The van der Waals surface area contributed by atoms with Crippen molar-refractivity contribution in [2.75, 3.05) is 19.8 Å². The van der Waals surface area contributed by atoms with Gasteiger partial charge in [-0.05, 0) is 43.5 Å². The van der Waals surface area contributed by atoms with Crippen LogP contribution in [0.15, 0.2) is 60.7 Å². The van der Waals surface area contributed by atoms with E-state index in [1.165, 1.54) is 0 Å². The number of carbonyl (C=O) groups excluding carboxylic acids is 2. The SMILES string of the molecule is CCOCCCNC(=O)CCC(=O)NC(C(C)C)P(=O)(Oc1ccccc1)Oc1ccccc1. The van der Waals surface area contributed by atoms with Gasteiger partial charge in [-0.3, -0.25) is 9.59 Å². The fourth-order valence-electron chi connectivity index (χ4n) is 3.10. The molecule has 9 heteroatoms. The molecule has 8 nitrogen and oxygen atoms in total. The minimum Gasteiger partial charge on any atom is -0.415 e. The molecular formula is C25H35N2O6P. The first kappa shape index (κ1) is 27.4. The number of para-hydroxylation sites is 2. The third kappa shape index (κ3) is 9.57. The van der Waals surface area contributed by atoms with Gasteiger partial charge in [-0.2, -0.15) is 0 Å². The highest BCUT2D eigenvalue weighted by molar-refractivity contribution is 7.55. The first-order valence-electron chi connectivity index (χ1n) is 11.6. The van der Waals surface area contributed by atoms with Gasteiger partial charge in [-0.15, -0.1) is 0 Å². The topological polar surface area (TPSA) is 103 Å². The van der Waals surface area contributed by atoms with Crippen molar-refractivity contribution in [2.24, 2.45) is 5.92 Å². The zero-order valence-electron chi connectivity index (χ0n) is 20.1. The highest BCUT2D eigenvalue weighted by Crippen LogP contribution is 2.54. The van der Waals surface area contributed by atoms with E-state index in [4.69, 9.17) is 13.8 Å². The van der Waals surface area contributed by atoms with Gasteiger partial charge in [0, 0.05) is 32.6 Å². The fraction of sp³-hybridized carbons (Fsp3) is 0.440. The van der Waals surface area contributed by atoms with Crippen LogP contribution < -0.4 is 19.7 Å². The average Bonchev–Trinajstić information content (AvgIpc) is 2.82. The Balaban J connectivity index is 2.05. The van der Waals surface area contributed by atoms with E-state index in [9.17, 15) is 14.2 Å². The molecular weight excluding hydrogens is 455 g/mol. The Kier molecular flexibility index (Phi) is 11.6. The summed E-state index contributed by atoms with van der Waals surface area (Å²) in [6.45, 7) is 7.26. The monoisotopic (exact) mass is 490 g/mol. The van der Waals surface area contributed by atoms with Gasteiger partial charge >= 0.3 is 7.60 Å². The van der Waals surface area contributed by atoms with Crippen LogP contribution in [-0.4, -0.2) is 37.4 Å². The van der Waals surface area contributed by atoms with Gasteiger partial charge in [0.15, 0.2) is 5.78 Å². The molecule has 0 heterocycles. The van der Waals surface area contributed by atoms with E-state index >= 15 is 0 Å². The van der Waals surface area contributed by atoms with E-state index < -0.39 is 19.3 Å². The first-order chi connectivity index (χ1) is 16.3. The van der Waals surface area contributed by atoms with Crippen molar-refractivity contribution in [1.82, 2.24) is 10.6 Å². The van der Waals surface area contributed by atoms with Crippen molar-refractivity contribution in [3.63, 3.8) is 0 Å². The maximum Gasteiger partial charge on any atom is 0.453 e. The third-order valence-electron chi connectivity index (χ3n) is 4.80. The second kappa shape index (κ2) is 14.4. The molecule has 0 aromatic heterocycles. The minimum absolute atomic E-state index is 0.0225. The van der Waals surface area contributed by atoms with Crippen molar-refractivity contribution in [3.05, 3.63) is 60.7 Å². The van der Waals surface area contributed by atoms with Crippen molar-refractivity contribution in [3.8, 4) is 11.5 Å². The molecule has 1 atom stereocenters. The molecule has 2 aromatic rings. The van der Waals surface area contributed by atoms with Gasteiger partial charge in [0.1, 0.15) is 11.5 Å². The quantitative estimate of drug-likeness (QED) is 0.276. The Hall–Kier alpha value is -2.83. The summed E-state index contributed by atoms with van der Waals surface area (Å²) in [4.78, 5) is 24.7. The summed E-state index contributed by atoms with van der Waals surface area (Å²) in [6, 6.07) is 17.4. The molecule has 2 N–H and O–H groups in total. The molecule has 0 saturated heterocycles. The summed E-state index contributed by atoms with van der Waals surface area (Å²) in [6.07, 6.45) is 0.684. The zero-order chi connectivity index (χ0) is 24.8. The second-order valence-electron chi connectivity index (χ2n) is 8.01. The number of rotatable bonds is 15. The Morgan fingerprint density at radius 3 is 1.91 bits per heavy atom. The lowest BCUT2D eigenvalue weighted by Crippen LogP contribution is -2.41. The number of carbonyl (C=O) groups is 2. The van der Waals surface area contributed by atoms with Crippen molar-refractivity contribution < 1.29 is 27.9 Å². The molecule has 2 aromatic carbocycles. The van der Waals surface area contributed by atoms with E-state index in [-0.39, 0.29) is 24.7 Å². The molecule has 0 aliphatic carbocycles. The molecule has 0 spiro atoms. The molecule has 1 unspecified atom stereocenters. The molecule has 0 radical (unpaired) electrons. The molecule has 2 rings (SSSR count). The molecule has 0 aliphatic heterocycles. The van der Waals surface area contributed by atoms with Gasteiger partial charge in [0.25, 0.3) is 0 Å². The summed E-state index contributed by atoms with van der Waals surface area (Å²) < 4.78 is 31.0. The van der Waals surface area contributed by atoms with E-state index in [0.29, 0.717) is 37.7 Å². The van der Waals surface area contributed by atoms with Gasteiger partial charge in [-0.1, -0.05) is 50.2 Å². The van der Waals surface area contributed by atoms with Crippen LogP contribution in [0.3, 0.4) is 0 Å². The molecule has 34 heavy (non-hydrogen) atoms. The normalized spacial score (nSPS) is 12.1. The number of benzene rings is 2. The largest absolute Gasteiger partial charge is 0.453 e. The predicted molar refractivity (Wildman–Crippen MR) is 132 cm³/mol. The smallest absolute Gasteiger partial charge is 0.415 e. The predicted octanol–water partition coefficient (Wildman–Crippen LogP) is 4.76. The lowest BCUT2D eigenvalue weighted by molar-refractivity contribution is -0.126. The first-order valence-corrected chi connectivity index (χ1v) is 13.2. The Bertz CT molecular complexity index is 878. The van der Waals surface area contributed by atoms with Crippen LogP contribution in [0.5, 0.6) is 11.5 Å². The highest BCUT2D eigenvalue weighted by atomic mass is 31.2. The second-order valence-corrected chi connectivity index (χ2v) is 10.0. The lowest BCUT2D eigenvalue weighted by atomic mass is 10.2. The van der Waals surface area contributed by atoms with Crippen LogP contribution in [0.1, 0.15) is 40.0 Å². The summed E-state index contributed by atoms with van der Waals surface area (Å²) in [5, 5.41) is 5.55. The van der Waals surface area contributed by atoms with Crippen LogP contribution in [0, 0.1) is 5.92 Å². The Labute approximate surface area is 201 Å². The van der Waals surface area contributed by atoms with Gasteiger partial charge in [-0.25, -0.2) is 4.57 Å². The maximum atomic E-state index is 14.0. The number of hydrogen-bond acceptors (Lipinski definition) is 6. The minimum atomic E-state index is -3.91.